The molecule has 0 saturated heterocycles. The Kier molecular flexibility index (Phi) is 2.81. The van der Waals surface area contributed by atoms with E-state index in [2.05, 4.69) is 10.2 Å². The molecular weight excluding hydrogens is 154 g/mol. The van der Waals surface area contributed by atoms with Gasteiger partial charge in [0.05, 0.1) is 18.0 Å². The van der Waals surface area contributed by atoms with E-state index in [1.807, 2.05) is 6.92 Å². The molecule has 0 saturated carbocycles. The molecule has 4 nitrogen and oxygen atoms in total. The van der Waals surface area contributed by atoms with Gasteiger partial charge in [-0.15, -0.1) is 0 Å². The highest BCUT2D eigenvalue weighted by Crippen LogP contribution is 2.16. The number of rotatable bonds is 3. The number of nitrogens with zero attached hydrogens (tertiary/aromatic N) is 3. The predicted octanol–water partition coefficient (Wildman–Crippen LogP) is 0.690. The molecule has 0 aromatic carbocycles. The third-order valence-corrected chi connectivity index (χ3v) is 1.82. The quantitative estimate of drug-likeness (QED) is 0.724. The van der Waals surface area contributed by atoms with Crippen molar-refractivity contribution in [2.45, 2.75) is 32.3 Å². The molecular formula is C8H15N3O. The molecule has 12 heavy (non-hydrogen) atoms. The summed E-state index contributed by atoms with van der Waals surface area (Å²) in [6, 6.07) is 0. The van der Waals surface area contributed by atoms with Crippen molar-refractivity contribution in [3.63, 3.8) is 0 Å². The number of aliphatic hydroxyl groups excluding tert-OH is 1. The van der Waals surface area contributed by atoms with Crippen molar-refractivity contribution in [1.29, 1.82) is 0 Å². The number of aryl methyl sites for hydroxylation is 1. The number of hydrogen-bond acceptors (Lipinski definition) is 3. The lowest BCUT2D eigenvalue weighted by Gasteiger charge is -2.09. The molecule has 0 amide bonds. The molecule has 0 fully saturated rings. The summed E-state index contributed by atoms with van der Waals surface area (Å²) < 4.78 is 0. The third kappa shape index (κ3) is 2.30. The second-order valence-corrected chi connectivity index (χ2v) is 3.24. The maximum absolute atomic E-state index is 9.14. The summed E-state index contributed by atoms with van der Waals surface area (Å²) in [7, 11) is 1.79. The Morgan fingerprint density at radius 3 is 2.67 bits per heavy atom. The van der Waals surface area contributed by atoms with Crippen LogP contribution in [0.3, 0.4) is 0 Å². The summed E-state index contributed by atoms with van der Waals surface area (Å²) in [5.74, 6) is 0.277. The van der Waals surface area contributed by atoms with Crippen molar-refractivity contribution in [1.82, 2.24) is 15.0 Å². The van der Waals surface area contributed by atoms with E-state index in [1.54, 1.807) is 20.2 Å². The van der Waals surface area contributed by atoms with E-state index in [1.165, 1.54) is 4.80 Å². The van der Waals surface area contributed by atoms with Gasteiger partial charge in [-0.1, -0.05) is 6.92 Å². The van der Waals surface area contributed by atoms with Crippen LogP contribution in [0.5, 0.6) is 0 Å². The number of aliphatic hydroxyl groups is 1. The van der Waals surface area contributed by atoms with Crippen LogP contribution in [0.1, 0.15) is 31.9 Å². The largest absolute Gasteiger partial charge is 0.393 e. The fourth-order valence-electron chi connectivity index (χ4n) is 1.22. The highest BCUT2D eigenvalue weighted by Gasteiger charge is 2.11. The van der Waals surface area contributed by atoms with E-state index >= 15 is 0 Å². The average molecular weight is 169 g/mol. The SMILES string of the molecule is CC(O)CC(C)c1cnn(C)n1. The summed E-state index contributed by atoms with van der Waals surface area (Å²) in [6.45, 7) is 3.82. The predicted molar refractivity (Wildman–Crippen MR) is 45.7 cm³/mol. The molecule has 0 aliphatic heterocycles. The molecule has 1 N–H and O–H groups in total. The standard InChI is InChI=1S/C8H15N3O/c1-6(4-7(2)12)8-5-9-11(3)10-8/h5-7,12H,4H2,1-3H3. The van der Waals surface area contributed by atoms with Gasteiger partial charge in [-0.05, 0) is 13.3 Å². The maximum atomic E-state index is 9.14. The van der Waals surface area contributed by atoms with Crippen molar-refractivity contribution < 1.29 is 5.11 Å². The third-order valence-electron chi connectivity index (χ3n) is 1.82. The van der Waals surface area contributed by atoms with Gasteiger partial charge in [0.2, 0.25) is 0 Å². The molecule has 1 heterocycles. The van der Waals surface area contributed by atoms with Crippen LogP contribution in [-0.4, -0.2) is 26.2 Å². The van der Waals surface area contributed by atoms with Crippen LogP contribution >= 0.6 is 0 Å². The zero-order valence-corrected chi connectivity index (χ0v) is 7.73. The van der Waals surface area contributed by atoms with Gasteiger partial charge >= 0.3 is 0 Å². The van der Waals surface area contributed by atoms with Crippen LogP contribution < -0.4 is 0 Å². The van der Waals surface area contributed by atoms with Crippen molar-refractivity contribution in [2.24, 2.45) is 7.05 Å². The molecule has 1 rings (SSSR count). The highest BCUT2D eigenvalue weighted by atomic mass is 16.3. The maximum Gasteiger partial charge on any atom is 0.0856 e. The van der Waals surface area contributed by atoms with Crippen molar-refractivity contribution >= 4 is 0 Å². The molecule has 4 heteroatoms. The van der Waals surface area contributed by atoms with E-state index in [9.17, 15) is 0 Å². The lowest BCUT2D eigenvalue weighted by atomic mass is 10.0. The van der Waals surface area contributed by atoms with Gasteiger partial charge in [-0.2, -0.15) is 15.0 Å². The normalized spacial score (nSPS) is 16.0. The molecule has 2 atom stereocenters. The minimum Gasteiger partial charge on any atom is -0.393 e. The molecule has 1 aromatic rings. The van der Waals surface area contributed by atoms with Crippen LogP contribution in [0.2, 0.25) is 0 Å². The minimum atomic E-state index is -0.276. The molecule has 2 unspecified atom stereocenters. The molecule has 0 bridgehead atoms. The summed E-state index contributed by atoms with van der Waals surface area (Å²) in [5, 5.41) is 17.3. The zero-order chi connectivity index (χ0) is 9.14. The van der Waals surface area contributed by atoms with Crippen molar-refractivity contribution in [3.05, 3.63) is 11.9 Å². The smallest absolute Gasteiger partial charge is 0.0856 e. The first-order valence-electron chi connectivity index (χ1n) is 4.14. The van der Waals surface area contributed by atoms with Gasteiger partial charge in [0.15, 0.2) is 0 Å². The van der Waals surface area contributed by atoms with Crippen LogP contribution in [0.4, 0.5) is 0 Å². The van der Waals surface area contributed by atoms with Gasteiger partial charge in [-0.3, -0.25) is 0 Å². The Morgan fingerprint density at radius 1 is 1.58 bits per heavy atom. The summed E-state index contributed by atoms with van der Waals surface area (Å²) in [6.07, 6.45) is 2.20. The lowest BCUT2D eigenvalue weighted by molar-refractivity contribution is 0.176. The monoisotopic (exact) mass is 169 g/mol. The summed E-state index contributed by atoms with van der Waals surface area (Å²) in [5.41, 5.74) is 0.943. The Morgan fingerprint density at radius 2 is 2.25 bits per heavy atom. The minimum absolute atomic E-state index is 0.276. The Bertz CT molecular complexity index is 244. The average Bonchev–Trinajstić information content (AvgIpc) is 2.34. The lowest BCUT2D eigenvalue weighted by Crippen LogP contribution is -2.06. The number of aromatic nitrogens is 3. The Balaban J connectivity index is 2.58. The molecule has 1 aromatic heterocycles. The van der Waals surface area contributed by atoms with Crippen LogP contribution in [0, 0.1) is 0 Å². The molecule has 68 valence electrons. The first-order valence-corrected chi connectivity index (χ1v) is 4.14. The van der Waals surface area contributed by atoms with E-state index in [-0.39, 0.29) is 12.0 Å². The summed E-state index contributed by atoms with van der Waals surface area (Å²) >= 11 is 0. The topological polar surface area (TPSA) is 50.9 Å². The Hall–Kier alpha value is -0.900. The molecule has 0 aliphatic rings. The fraction of sp³-hybridized carbons (Fsp3) is 0.750. The zero-order valence-electron chi connectivity index (χ0n) is 7.73. The number of hydrogen-bond donors (Lipinski definition) is 1. The van der Waals surface area contributed by atoms with Crippen molar-refractivity contribution in [3.8, 4) is 0 Å². The van der Waals surface area contributed by atoms with Crippen LogP contribution in [0.15, 0.2) is 6.20 Å². The fourth-order valence-corrected chi connectivity index (χ4v) is 1.22. The van der Waals surface area contributed by atoms with Gasteiger partial charge < -0.3 is 5.11 Å². The second kappa shape index (κ2) is 3.67. The molecule has 0 radical (unpaired) electrons. The van der Waals surface area contributed by atoms with Crippen molar-refractivity contribution in [2.75, 3.05) is 0 Å². The van der Waals surface area contributed by atoms with Gasteiger partial charge in [0.1, 0.15) is 0 Å². The Labute approximate surface area is 72.2 Å². The first-order chi connectivity index (χ1) is 5.59. The summed E-state index contributed by atoms with van der Waals surface area (Å²) in [4.78, 5) is 1.54. The second-order valence-electron chi connectivity index (χ2n) is 3.24. The highest BCUT2D eigenvalue weighted by molar-refractivity contribution is 4.99. The first kappa shape index (κ1) is 9.19. The molecule has 0 spiro atoms. The van der Waals surface area contributed by atoms with E-state index < -0.39 is 0 Å². The van der Waals surface area contributed by atoms with E-state index in [0.717, 1.165) is 12.1 Å². The van der Waals surface area contributed by atoms with E-state index in [4.69, 9.17) is 5.11 Å². The van der Waals surface area contributed by atoms with Crippen LogP contribution in [0.25, 0.3) is 0 Å². The van der Waals surface area contributed by atoms with E-state index in [0.29, 0.717) is 0 Å². The van der Waals surface area contributed by atoms with Crippen LogP contribution in [-0.2, 0) is 7.05 Å². The van der Waals surface area contributed by atoms with Gasteiger partial charge in [0, 0.05) is 13.0 Å². The molecule has 0 aliphatic carbocycles. The van der Waals surface area contributed by atoms with Gasteiger partial charge in [-0.25, -0.2) is 0 Å². The van der Waals surface area contributed by atoms with Gasteiger partial charge in [0.25, 0.3) is 0 Å².